The van der Waals surface area contributed by atoms with E-state index in [0.717, 1.165) is 23.8 Å². The Morgan fingerprint density at radius 2 is 1.76 bits per heavy atom. The van der Waals surface area contributed by atoms with E-state index in [2.05, 4.69) is 47.6 Å². The van der Waals surface area contributed by atoms with Crippen LogP contribution < -0.4 is 10.6 Å². The fourth-order valence-corrected chi connectivity index (χ4v) is 3.13. The first kappa shape index (κ1) is 16.2. The van der Waals surface area contributed by atoms with Gasteiger partial charge in [-0.2, -0.15) is 0 Å². The van der Waals surface area contributed by atoms with E-state index < -0.39 is 0 Å². The van der Waals surface area contributed by atoms with Crippen molar-refractivity contribution in [3.05, 3.63) is 29.3 Å². The largest absolute Gasteiger partial charge is 0.362 e. The number of nitrogens with zero attached hydrogens (tertiary/aromatic N) is 1. The van der Waals surface area contributed by atoms with Gasteiger partial charge in [0.25, 0.3) is 0 Å². The van der Waals surface area contributed by atoms with Crippen molar-refractivity contribution in [3.63, 3.8) is 0 Å². The van der Waals surface area contributed by atoms with E-state index in [9.17, 15) is 0 Å². The molecule has 0 aromatic heterocycles. The van der Waals surface area contributed by atoms with Gasteiger partial charge in [0.15, 0.2) is 5.11 Å². The summed E-state index contributed by atoms with van der Waals surface area (Å²) < 4.78 is 0. The number of anilines is 1. The lowest BCUT2D eigenvalue weighted by Crippen LogP contribution is -2.34. The van der Waals surface area contributed by atoms with Crippen LogP contribution in [-0.2, 0) is 0 Å². The molecule has 0 atom stereocenters. The van der Waals surface area contributed by atoms with Crippen molar-refractivity contribution in [1.82, 2.24) is 10.2 Å². The van der Waals surface area contributed by atoms with Crippen molar-refractivity contribution in [3.8, 4) is 0 Å². The molecule has 0 spiro atoms. The van der Waals surface area contributed by atoms with Gasteiger partial charge in [-0.15, -0.1) is 0 Å². The molecule has 2 rings (SSSR count). The van der Waals surface area contributed by atoms with Crippen molar-refractivity contribution in [2.75, 3.05) is 31.5 Å². The highest BCUT2D eigenvalue weighted by Crippen LogP contribution is 2.13. The molecular formula is C17H27N3S. The number of rotatable bonds is 5. The van der Waals surface area contributed by atoms with E-state index in [-0.39, 0.29) is 0 Å². The molecule has 0 saturated carbocycles. The normalized spacial score (nSPS) is 15.7. The first-order valence-corrected chi connectivity index (χ1v) is 8.40. The van der Waals surface area contributed by atoms with E-state index in [0.29, 0.717) is 0 Å². The maximum Gasteiger partial charge on any atom is 0.170 e. The molecule has 1 aliphatic rings. The Morgan fingerprint density at radius 1 is 1.10 bits per heavy atom. The number of piperidine rings is 1. The van der Waals surface area contributed by atoms with Gasteiger partial charge in [0.05, 0.1) is 0 Å². The van der Waals surface area contributed by atoms with Gasteiger partial charge in [0.1, 0.15) is 0 Å². The standard InChI is InChI=1S/C17H27N3S/c1-14-11-15(2)13-16(12-14)19-17(21)18-7-6-10-20-8-4-3-5-9-20/h11-13H,3-10H2,1-2H3,(H2,18,19,21). The van der Waals surface area contributed by atoms with Gasteiger partial charge < -0.3 is 15.5 Å². The van der Waals surface area contributed by atoms with E-state index in [1.54, 1.807) is 0 Å². The first-order chi connectivity index (χ1) is 10.1. The summed E-state index contributed by atoms with van der Waals surface area (Å²) in [5.41, 5.74) is 3.58. The van der Waals surface area contributed by atoms with Crippen LogP contribution in [0.15, 0.2) is 18.2 Å². The molecule has 1 heterocycles. The van der Waals surface area contributed by atoms with E-state index in [1.807, 2.05) is 0 Å². The van der Waals surface area contributed by atoms with E-state index >= 15 is 0 Å². The van der Waals surface area contributed by atoms with Crippen LogP contribution >= 0.6 is 12.2 Å². The molecule has 116 valence electrons. The molecule has 1 aromatic rings. The van der Waals surface area contributed by atoms with Crippen LogP contribution in [0.2, 0.25) is 0 Å². The number of benzene rings is 1. The third-order valence-corrected chi connectivity index (χ3v) is 4.11. The molecule has 1 saturated heterocycles. The van der Waals surface area contributed by atoms with Gasteiger partial charge in [0.2, 0.25) is 0 Å². The fourth-order valence-electron chi connectivity index (χ4n) is 2.91. The van der Waals surface area contributed by atoms with Crippen molar-refractivity contribution >= 4 is 23.0 Å². The number of aryl methyl sites for hydroxylation is 2. The Balaban J connectivity index is 1.65. The summed E-state index contributed by atoms with van der Waals surface area (Å²) in [5, 5.41) is 7.29. The molecule has 4 heteroatoms. The zero-order chi connectivity index (χ0) is 15.1. The molecule has 0 bridgehead atoms. The van der Waals surface area contributed by atoms with Crippen molar-refractivity contribution in [2.45, 2.75) is 39.5 Å². The Bertz CT molecular complexity index is 447. The van der Waals surface area contributed by atoms with Crippen LogP contribution in [0.5, 0.6) is 0 Å². The molecule has 2 N–H and O–H groups in total. The second kappa shape index (κ2) is 8.35. The molecule has 1 fully saturated rings. The lowest BCUT2D eigenvalue weighted by molar-refractivity contribution is 0.227. The number of likely N-dealkylation sites (tertiary alicyclic amines) is 1. The van der Waals surface area contributed by atoms with Crippen LogP contribution in [-0.4, -0.2) is 36.2 Å². The predicted molar refractivity (Wildman–Crippen MR) is 95.0 cm³/mol. The Kier molecular flexibility index (Phi) is 6.46. The minimum Gasteiger partial charge on any atom is -0.362 e. The van der Waals surface area contributed by atoms with Gasteiger partial charge in [0, 0.05) is 12.2 Å². The second-order valence-corrected chi connectivity index (χ2v) is 6.42. The molecule has 21 heavy (non-hydrogen) atoms. The monoisotopic (exact) mass is 305 g/mol. The van der Waals surface area contributed by atoms with Gasteiger partial charge in [-0.25, -0.2) is 0 Å². The third-order valence-electron chi connectivity index (χ3n) is 3.86. The quantitative estimate of drug-likeness (QED) is 0.643. The Hall–Kier alpha value is -1.13. The molecule has 0 radical (unpaired) electrons. The zero-order valence-electron chi connectivity index (χ0n) is 13.2. The summed E-state index contributed by atoms with van der Waals surface area (Å²) >= 11 is 5.36. The first-order valence-electron chi connectivity index (χ1n) is 7.99. The molecule has 3 nitrogen and oxygen atoms in total. The lowest BCUT2D eigenvalue weighted by atomic mass is 10.1. The molecule has 1 aliphatic heterocycles. The predicted octanol–water partition coefficient (Wildman–Crippen LogP) is 3.47. The average Bonchev–Trinajstić information content (AvgIpc) is 2.43. The van der Waals surface area contributed by atoms with Gasteiger partial charge in [-0.3, -0.25) is 0 Å². The summed E-state index contributed by atoms with van der Waals surface area (Å²) in [6.07, 6.45) is 5.27. The summed E-state index contributed by atoms with van der Waals surface area (Å²) in [4.78, 5) is 2.56. The topological polar surface area (TPSA) is 27.3 Å². The van der Waals surface area contributed by atoms with E-state index in [1.165, 1.54) is 50.0 Å². The second-order valence-electron chi connectivity index (χ2n) is 6.01. The molecular weight excluding hydrogens is 278 g/mol. The number of hydrogen-bond donors (Lipinski definition) is 2. The highest BCUT2D eigenvalue weighted by atomic mass is 32.1. The fraction of sp³-hybridized carbons (Fsp3) is 0.588. The van der Waals surface area contributed by atoms with Crippen molar-refractivity contribution < 1.29 is 0 Å². The highest BCUT2D eigenvalue weighted by Gasteiger charge is 2.08. The number of thiocarbonyl (C=S) groups is 1. The number of nitrogens with one attached hydrogen (secondary N) is 2. The third kappa shape index (κ3) is 6.02. The van der Waals surface area contributed by atoms with Gasteiger partial charge in [-0.05, 0) is 88.2 Å². The van der Waals surface area contributed by atoms with Crippen molar-refractivity contribution in [2.24, 2.45) is 0 Å². The molecule has 0 unspecified atom stereocenters. The van der Waals surface area contributed by atoms with Gasteiger partial charge >= 0.3 is 0 Å². The van der Waals surface area contributed by atoms with Crippen LogP contribution in [0.25, 0.3) is 0 Å². The van der Waals surface area contributed by atoms with Crippen LogP contribution in [0.4, 0.5) is 5.69 Å². The maximum absolute atomic E-state index is 5.36. The van der Waals surface area contributed by atoms with Crippen LogP contribution in [0, 0.1) is 13.8 Å². The average molecular weight is 305 g/mol. The summed E-state index contributed by atoms with van der Waals surface area (Å²) in [5.74, 6) is 0. The highest BCUT2D eigenvalue weighted by molar-refractivity contribution is 7.80. The summed E-state index contributed by atoms with van der Waals surface area (Å²) in [6.45, 7) is 8.86. The summed E-state index contributed by atoms with van der Waals surface area (Å²) in [6, 6.07) is 6.41. The minimum absolute atomic E-state index is 0.721. The van der Waals surface area contributed by atoms with Crippen LogP contribution in [0.1, 0.15) is 36.8 Å². The lowest BCUT2D eigenvalue weighted by Gasteiger charge is -2.26. The van der Waals surface area contributed by atoms with Gasteiger partial charge in [-0.1, -0.05) is 12.5 Å². The Labute approximate surface area is 134 Å². The molecule has 0 amide bonds. The zero-order valence-corrected chi connectivity index (χ0v) is 14.1. The van der Waals surface area contributed by atoms with E-state index in [4.69, 9.17) is 12.2 Å². The summed E-state index contributed by atoms with van der Waals surface area (Å²) in [7, 11) is 0. The Morgan fingerprint density at radius 3 is 2.43 bits per heavy atom. The smallest absolute Gasteiger partial charge is 0.170 e. The minimum atomic E-state index is 0.721. The van der Waals surface area contributed by atoms with Crippen LogP contribution in [0.3, 0.4) is 0 Å². The number of hydrogen-bond acceptors (Lipinski definition) is 2. The van der Waals surface area contributed by atoms with Crippen molar-refractivity contribution in [1.29, 1.82) is 0 Å². The molecule has 0 aliphatic carbocycles. The maximum atomic E-state index is 5.36. The SMILES string of the molecule is Cc1cc(C)cc(NC(=S)NCCCN2CCCCC2)c1. The molecule has 1 aromatic carbocycles.